The van der Waals surface area contributed by atoms with Crippen LogP contribution in [-0.2, 0) is 10.0 Å². The van der Waals surface area contributed by atoms with Crippen LogP contribution in [0.15, 0.2) is 41.8 Å². The summed E-state index contributed by atoms with van der Waals surface area (Å²) in [5.74, 6) is 0.577. The summed E-state index contributed by atoms with van der Waals surface area (Å²) in [5.41, 5.74) is 0. The van der Waals surface area contributed by atoms with Gasteiger partial charge in [-0.1, -0.05) is 12.1 Å². The largest absolute Gasteiger partial charge is 0.298 e. The van der Waals surface area contributed by atoms with E-state index in [2.05, 4.69) is 16.2 Å². The lowest BCUT2D eigenvalue weighted by molar-refractivity contribution is 0.0218. The second-order valence-electron chi connectivity index (χ2n) is 6.14. The van der Waals surface area contributed by atoms with Crippen molar-refractivity contribution >= 4 is 10.0 Å². The molecule has 3 aliphatic rings. The lowest BCUT2D eigenvalue weighted by Gasteiger charge is -2.49. The molecule has 3 aliphatic heterocycles. The molecule has 3 fully saturated rings. The highest BCUT2D eigenvalue weighted by atomic mass is 32.2. The number of hydrogen-bond donors (Lipinski definition) is 1. The van der Waals surface area contributed by atoms with E-state index in [1.165, 1.54) is 18.2 Å². The maximum Gasteiger partial charge on any atom is 0.240 e. The molecule has 4 rings (SSSR count). The van der Waals surface area contributed by atoms with Crippen LogP contribution in [0.1, 0.15) is 12.8 Å². The summed E-state index contributed by atoms with van der Waals surface area (Å²) in [7, 11) is -3.65. The predicted molar refractivity (Wildman–Crippen MR) is 83.4 cm³/mol. The fraction of sp³-hybridized carbons (Fsp3) is 0.500. The first kappa shape index (κ1) is 15.6. The van der Waals surface area contributed by atoms with E-state index in [-0.39, 0.29) is 10.9 Å². The van der Waals surface area contributed by atoms with Gasteiger partial charge in [-0.15, -0.1) is 6.58 Å². The number of hydrogen-bond acceptors (Lipinski definition) is 3. The Labute approximate surface area is 131 Å². The molecule has 0 saturated carbocycles. The molecule has 0 amide bonds. The molecule has 22 heavy (non-hydrogen) atoms. The third kappa shape index (κ3) is 3.09. The topological polar surface area (TPSA) is 49.4 Å². The molecular weight excluding hydrogens is 303 g/mol. The summed E-state index contributed by atoms with van der Waals surface area (Å²) in [4.78, 5) is 2.31. The number of fused-ring (bicyclic) bond motifs is 3. The molecule has 3 heterocycles. The SMILES string of the molecule is C=CC1CN2CCC1CC2CNS(=O)(=O)c1cccc(F)c1. The van der Waals surface area contributed by atoms with Crippen LogP contribution in [0, 0.1) is 17.7 Å². The van der Waals surface area contributed by atoms with Gasteiger partial charge in [0.05, 0.1) is 4.90 Å². The van der Waals surface area contributed by atoms with Crippen molar-refractivity contribution < 1.29 is 12.8 Å². The zero-order chi connectivity index (χ0) is 15.7. The third-order valence-electron chi connectivity index (χ3n) is 4.85. The van der Waals surface area contributed by atoms with E-state index in [1.54, 1.807) is 0 Å². The second kappa shape index (κ2) is 6.10. The molecule has 4 unspecified atom stereocenters. The van der Waals surface area contributed by atoms with E-state index in [0.717, 1.165) is 32.0 Å². The number of nitrogens with zero attached hydrogens (tertiary/aromatic N) is 1. The van der Waals surface area contributed by atoms with Crippen molar-refractivity contribution in [1.29, 1.82) is 0 Å². The highest BCUT2D eigenvalue weighted by Gasteiger charge is 2.38. The molecule has 0 aliphatic carbocycles. The Balaban J connectivity index is 1.65. The molecule has 3 saturated heterocycles. The van der Waals surface area contributed by atoms with Crippen LogP contribution in [0.2, 0.25) is 0 Å². The van der Waals surface area contributed by atoms with Crippen molar-refractivity contribution in [1.82, 2.24) is 9.62 Å². The molecule has 1 N–H and O–H groups in total. The van der Waals surface area contributed by atoms with Crippen LogP contribution in [-0.4, -0.2) is 39.0 Å². The van der Waals surface area contributed by atoms with Crippen LogP contribution in [0.4, 0.5) is 4.39 Å². The zero-order valence-corrected chi connectivity index (χ0v) is 13.2. The monoisotopic (exact) mass is 324 g/mol. The first-order valence-electron chi connectivity index (χ1n) is 7.61. The van der Waals surface area contributed by atoms with E-state index in [4.69, 9.17) is 0 Å². The molecule has 0 radical (unpaired) electrons. The molecule has 0 spiro atoms. The van der Waals surface area contributed by atoms with Crippen molar-refractivity contribution in [2.45, 2.75) is 23.8 Å². The van der Waals surface area contributed by atoms with Gasteiger partial charge in [-0.3, -0.25) is 4.90 Å². The number of nitrogens with one attached hydrogen (secondary N) is 1. The molecule has 0 aromatic heterocycles. The Morgan fingerprint density at radius 3 is 2.91 bits per heavy atom. The Morgan fingerprint density at radius 2 is 2.27 bits per heavy atom. The Kier molecular flexibility index (Phi) is 4.34. The normalized spacial score (nSPS) is 31.1. The fourth-order valence-electron chi connectivity index (χ4n) is 3.58. The minimum Gasteiger partial charge on any atom is -0.298 e. The van der Waals surface area contributed by atoms with Gasteiger partial charge in [-0.25, -0.2) is 17.5 Å². The summed E-state index contributed by atoms with van der Waals surface area (Å²) >= 11 is 0. The van der Waals surface area contributed by atoms with Crippen LogP contribution >= 0.6 is 0 Å². The van der Waals surface area contributed by atoms with Crippen LogP contribution < -0.4 is 4.72 Å². The first-order chi connectivity index (χ1) is 10.5. The van der Waals surface area contributed by atoms with Crippen molar-refractivity contribution in [2.75, 3.05) is 19.6 Å². The summed E-state index contributed by atoms with van der Waals surface area (Å²) in [6.07, 6.45) is 4.16. The maximum atomic E-state index is 13.2. The summed E-state index contributed by atoms with van der Waals surface area (Å²) in [6.45, 7) is 6.24. The summed E-state index contributed by atoms with van der Waals surface area (Å²) < 4.78 is 40.3. The Hall–Kier alpha value is -1.24. The van der Waals surface area contributed by atoms with Crippen molar-refractivity contribution in [3.63, 3.8) is 0 Å². The smallest absolute Gasteiger partial charge is 0.240 e. The van der Waals surface area contributed by atoms with Gasteiger partial charge in [0.1, 0.15) is 5.82 Å². The fourth-order valence-corrected chi connectivity index (χ4v) is 4.69. The van der Waals surface area contributed by atoms with E-state index in [0.29, 0.717) is 18.4 Å². The first-order valence-corrected chi connectivity index (χ1v) is 9.10. The molecule has 4 atom stereocenters. The number of benzene rings is 1. The van der Waals surface area contributed by atoms with Crippen LogP contribution in [0.3, 0.4) is 0 Å². The molecule has 120 valence electrons. The standard InChI is InChI=1S/C16H21FN2O2S/c1-2-12-11-19-7-6-13(12)8-15(19)10-18-22(20,21)16-5-3-4-14(17)9-16/h2-5,9,12-13,15,18H,1,6-8,10-11H2. The number of sulfonamides is 1. The predicted octanol–water partition coefficient (Wildman–Crippen LogP) is 2.00. The van der Waals surface area contributed by atoms with Crippen molar-refractivity contribution in [3.8, 4) is 0 Å². The van der Waals surface area contributed by atoms with E-state index in [9.17, 15) is 12.8 Å². The van der Waals surface area contributed by atoms with Gasteiger partial charge in [0.2, 0.25) is 10.0 Å². The molecule has 4 nitrogen and oxygen atoms in total. The molecular formula is C16H21FN2O2S. The van der Waals surface area contributed by atoms with E-state index in [1.807, 2.05) is 6.08 Å². The zero-order valence-electron chi connectivity index (χ0n) is 12.4. The highest BCUT2D eigenvalue weighted by molar-refractivity contribution is 7.89. The van der Waals surface area contributed by atoms with Gasteiger partial charge in [0.25, 0.3) is 0 Å². The summed E-state index contributed by atoms with van der Waals surface area (Å²) in [5, 5.41) is 0. The minimum atomic E-state index is -3.65. The van der Waals surface area contributed by atoms with Crippen molar-refractivity contribution in [3.05, 3.63) is 42.7 Å². The van der Waals surface area contributed by atoms with Crippen LogP contribution in [0.5, 0.6) is 0 Å². The third-order valence-corrected chi connectivity index (χ3v) is 6.27. The lowest BCUT2D eigenvalue weighted by Crippen LogP contribution is -2.56. The van der Waals surface area contributed by atoms with Gasteiger partial charge >= 0.3 is 0 Å². The van der Waals surface area contributed by atoms with Gasteiger partial charge in [0, 0.05) is 19.1 Å². The van der Waals surface area contributed by atoms with E-state index < -0.39 is 15.8 Å². The maximum absolute atomic E-state index is 13.2. The summed E-state index contributed by atoms with van der Waals surface area (Å²) in [6, 6.07) is 5.32. The number of halogens is 1. The minimum absolute atomic E-state index is 0.0209. The molecule has 1 aromatic carbocycles. The van der Waals surface area contributed by atoms with Gasteiger partial charge in [-0.2, -0.15) is 0 Å². The second-order valence-corrected chi connectivity index (χ2v) is 7.91. The Morgan fingerprint density at radius 1 is 1.45 bits per heavy atom. The lowest BCUT2D eigenvalue weighted by atomic mass is 9.76. The van der Waals surface area contributed by atoms with E-state index >= 15 is 0 Å². The van der Waals surface area contributed by atoms with Crippen molar-refractivity contribution in [2.24, 2.45) is 11.8 Å². The highest BCUT2D eigenvalue weighted by Crippen LogP contribution is 2.36. The van der Waals surface area contributed by atoms with Crippen LogP contribution in [0.25, 0.3) is 0 Å². The molecule has 1 aromatic rings. The Bertz CT molecular complexity index is 662. The number of rotatable bonds is 5. The average Bonchev–Trinajstić information content (AvgIpc) is 2.53. The average molecular weight is 324 g/mol. The number of piperidine rings is 3. The quantitative estimate of drug-likeness (QED) is 0.843. The molecule has 2 bridgehead atoms. The van der Waals surface area contributed by atoms with Gasteiger partial charge in [0.15, 0.2) is 0 Å². The van der Waals surface area contributed by atoms with Gasteiger partial charge < -0.3 is 0 Å². The molecule has 6 heteroatoms. The van der Waals surface area contributed by atoms with Gasteiger partial charge in [-0.05, 0) is 49.4 Å².